The van der Waals surface area contributed by atoms with Crippen LogP contribution in [-0.4, -0.2) is 11.8 Å². The van der Waals surface area contributed by atoms with E-state index in [4.69, 9.17) is 0 Å². The van der Waals surface area contributed by atoms with E-state index < -0.39 is 0 Å². The van der Waals surface area contributed by atoms with Crippen LogP contribution in [0.5, 0.6) is 0 Å². The van der Waals surface area contributed by atoms with Crippen molar-refractivity contribution >= 4 is 23.2 Å². The molecule has 136 valence electrons. The van der Waals surface area contributed by atoms with Gasteiger partial charge >= 0.3 is 0 Å². The van der Waals surface area contributed by atoms with Crippen molar-refractivity contribution in [2.75, 3.05) is 10.6 Å². The molecule has 0 bridgehead atoms. The minimum Gasteiger partial charge on any atom is -0.326 e. The molecular weight excluding hydrogens is 336 g/mol. The van der Waals surface area contributed by atoms with Crippen LogP contribution in [0.1, 0.15) is 24.2 Å². The van der Waals surface area contributed by atoms with Gasteiger partial charge in [-0.2, -0.15) is 0 Å². The second-order valence-electron chi connectivity index (χ2n) is 6.62. The van der Waals surface area contributed by atoms with E-state index in [1.807, 2.05) is 68.4 Å². The van der Waals surface area contributed by atoms with Gasteiger partial charge in [-0.15, -0.1) is 0 Å². The molecule has 0 aliphatic rings. The molecule has 4 heteroatoms. The van der Waals surface area contributed by atoms with Gasteiger partial charge in [0.2, 0.25) is 5.91 Å². The van der Waals surface area contributed by atoms with Crippen molar-refractivity contribution < 1.29 is 9.59 Å². The summed E-state index contributed by atoms with van der Waals surface area (Å²) < 4.78 is 0. The van der Waals surface area contributed by atoms with Crippen LogP contribution in [0.15, 0.2) is 78.9 Å². The molecule has 4 nitrogen and oxygen atoms in total. The Hall–Kier alpha value is -3.40. The lowest BCUT2D eigenvalue weighted by Gasteiger charge is -2.10. The van der Waals surface area contributed by atoms with E-state index in [9.17, 15) is 9.59 Å². The number of anilines is 2. The molecule has 0 spiro atoms. The first-order chi connectivity index (χ1) is 13.0. The summed E-state index contributed by atoms with van der Waals surface area (Å²) in [4.78, 5) is 24.1. The van der Waals surface area contributed by atoms with Crippen molar-refractivity contribution in [3.8, 4) is 11.1 Å². The Morgan fingerprint density at radius 3 is 1.74 bits per heavy atom. The Bertz CT molecular complexity index is 915. The first kappa shape index (κ1) is 18.4. The number of carbonyl (C=O) groups excluding carboxylic acids is 2. The summed E-state index contributed by atoms with van der Waals surface area (Å²) in [5.41, 5.74) is 4.15. The molecule has 27 heavy (non-hydrogen) atoms. The summed E-state index contributed by atoms with van der Waals surface area (Å²) in [5.74, 6) is -0.290. The van der Waals surface area contributed by atoms with Gasteiger partial charge in [-0.25, -0.2) is 0 Å². The van der Waals surface area contributed by atoms with Gasteiger partial charge in [-0.1, -0.05) is 56.3 Å². The van der Waals surface area contributed by atoms with Crippen LogP contribution in [0.25, 0.3) is 11.1 Å². The SMILES string of the molecule is CC(C)C(=O)Nc1ccc(NC(=O)c2ccc(-c3ccccc3)cc2)cc1. The maximum atomic E-state index is 12.4. The molecule has 3 rings (SSSR count). The molecular formula is C23H22N2O2. The van der Waals surface area contributed by atoms with E-state index in [-0.39, 0.29) is 17.7 Å². The number of hydrogen-bond acceptors (Lipinski definition) is 2. The fraction of sp³-hybridized carbons (Fsp3) is 0.130. The molecule has 0 saturated carbocycles. The number of hydrogen-bond donors (Lipinski definition) is 2. The van der Waals surface area contributed by atoms with Crippen LogP contribution < -0.4 is 10.6 Å². The zero-order chi connectivity index (χ0) is 19.2. The van der Waals surface area contributed by atoms with Crippen molar-refractivity contribution in [3.63, 3.8) is 0 Å². The highest BCUT2D eigenvalue weighted by atomic mass is 16.2. The van der Waals surface area contributed by atoms with E-state index in [1.54, 1.807) is 24.3 Å². The smallest absolute Gasteiger partial charge is 0.255 e. The fourth-order valence-electron chi connectivity index (χ4n) is 2.57. The minimum atomic E-state index is -0.173. The highest BCUT2D eigenvalue weighted by molar-refractivity contribution is 6.04. The maximum Gasteiger partial charge on any atom is 0.255 e. The molecule has 0 fully saturated rings. The van der Waals surface area contributed by atoms with Gasteiger partial charge in [0.25, 0.3) is 5.91 Å². The normalized spacial score (nSPS) is 10.5. The monoisotopic (exact) mass is 358 g/mol. The Kier molecular flexibility index (Phi) is 5.67. The van der Waals surface area contributed by atoms with Gasteiger partial charge in [0, 0.05) is 22.9 Å². The second-order valence-corrected chi connectivity index (χ2v) is 6.62. The third-order valence-electron chi connectivity index (χ3n) is 4.19. The molecule has 2 amide bonds. The van der Waals surface area contributed by atoms with Gasteiger partial charge in [-0.3, -0.25) is 9.59 Å². The first-order valence-electron chi connectivity index (χ1n) is 8.91. The Labute approximate surface area is 159 Å². The maximum absolute atomic E-state index is 12.4. The van der Waals surface area contributed by atoms with Crippen LogP contribution in [-0.2, 0) is 4.79 Å². The zero-order valence-electron chi connectivity index (χ0n) is 15.4. The van der Waals surface area contributed by atoms with Crippen molar-refractivity contribution in [1.29, 1.82) is 0 Å². The molecule has 0 heterocycles. The van der Waals surface area contributed by atoms with E-state index in [0.29, 0.717) is 16.9 Å². The average molecular weight is 358 g/mol. The number of amides is 2. The topological polar surface area (TPSA) is 58.2 Å². The summed E-state index contributed by atoms with van der Waals surface area (Å²) in [6, 6.07) is 24.6. The Morgan fingerprint density at radius 2 is 1.19 bits per heavy atom. The Morgan fingerprint density at radius 1 is 0.667 bits per heavy atom. The molecule has 2 N–H and O–H groups in total. The van der Waals surface area contributed by atoms with Crippen LogP contribution in [0, 0.1) is 5.92 Å². The van der Waals surface area contributed by atoms with Crippen LogP contribution in [0.3, 0.4) is 0 Å². The van der Waals surface area contributed by atoms with Crippen LogP contribution >= 0.6 is 0 Å². The lowest BCUT2D eigenvalue weighted by Crippen LogP contribution is -2.17. The van der Waals surface area contributed by atoms with Gasteiger partial charge in [0.05, 0.1) is 0 Å². The largest absolute Gasteiger partial charge is 0.326 e. The molecule has 0 radical (unpaired) electrons. The lowest BCUT2D eigenvalue weighted by molar-refractivity contribution is -0.118. The minimum absolute atomic E-state index is 0.0368. The summed E-state index contributed by atoms with van der Waals surface area (Å²) in [5, 5.41) is 5.69. The summed E-state index contributed by atoms with van der Waals surface area (Å²) in [7, 11) is 0. The highest BCUT2D eigenvalue weighted by Crippen LogP contribution is 2.20. The summed E-state index contributed by atoms with van der Waals surface area (Å²) >= 11 is 0. The average Bonchev–Trinajstić information content (AvgIpc) is 2.70. The highest BCUT2D eigenvalue weighted by Gasteiger charge is 2.09. The third kappa shape index (κ3) is 4.82. The predicted octanol–water partition coefficient (Wildman–Crippen LogP) is 5.20. The standard InChI is InChI=1S/C23H22N2O2/c1-16(2)22(26)24-20-12-14-21(15-13-20)25-23(27)19-10-8-18(9-11-19)17-6-4-3-5-7-17/h3-16H,1-2H3,(H,24,26)(H,25,27). The van der Waals surface area contributed by atoms with Gasteiger partial charge in [0.1, 0.15) is 0 Å². The number of rotatable bonds is 5. The van der Waals surface area contributed by atoms with E-state index in [1.165, 1.54) is 0 Å². The van der Waals surface area contributed by atoms with E-state index in [2.05, 4.69) is 10.6 Å². The molecule has 0 aliphatic heterocycles. The molecule has 3 aromatic carbocycles. The molecule has 0 unspecified atom stereocenters. The van der Waals surface area contributed by atoms with Crippen molar-refractivity contribution in [1.82, 2.24) is 0 Å². The van der Waals surface area contributed by atoms with Crippen molar-refractivity contribution in [2.24, 2.45) is 5.92 Å². The number of nitrogens with one attached hydrogen (secondary N) is 2. The lowest BCUT2D eigenvalue weighted by atomic mass is 10.0. The van der Waals surface area contributed by atoms with E-state index in [0.717, 1.165) is 11.1 Å². The third-order valence-corrected chi connectivity index (χ3v) is 4.19. The fourth-order valence-corrected chi connectivity index (χ4v) is 2.57. The number of benzene rings is 3. The Balaban J connectivity index is 1.64. The quantitative estimate of drug-likeness (QED) is 0.658. The second kappa shape index (κ2) is 8.32. The predicted molar refractivity (Wildman–Crippen MR) is 110 cm³/mol. The molecule has 0 aliphatic carbocycles. The molecule has 0 atom stereocenters. The van der Waals surface area contributed by atoms with Gasteiger partial charge in [-0.05, 0) is 47.5 Å². The van der Waals surface area contributed by atoms with Crippen molar-refractivity contribution in [3.05, 3.63) is 84.4 Å². The van der Waals surface area contributed by atoms with Crippen molar-refractivity contribution in [2.45, 2.75) is 13.8 Å². The van der Waals surface area contributed by atoms with Crippen LogP contribution in [0.4, 0.5) is 11.4 Å². The molecule has 0 saturated heterocycles. The first-order valence-corrected chi connectivity index (χ1v) is 8.91. The summed E-state index contributed by atoms with van der Waals surface area (Å²) in [6.45, 7) is 3.68. The van der Waals surface area contributed by atoms with Gasteiger partial charge in [0.15, 0.2) is 0 Å². The molecule has 0 aromatic heterocycles. The van der Waals surface area contributed by atoms with Gasteiger partial charge < -0.3 is 10.6 Å². The van der Waals surface area contributed by atoms with E-state index >= 15 is 0 Å². The molecule has 3 aromatic rings. The zero-order valence-corrected chi connectivity index (χ0v) is 15.4. The summed E-state index contributed by atoms with van der Waals surface area (Å²) in [6.07, 6.45) is 0. The number of carbonyl (C=O) groups is 2. The van der Waals surface area contributed by atoms with Crippen LogP contribution in [0.2, 0.25) is 0 Å².